The Bertz CT molecular complexity index is 1230. The summed E-state index contributed by atoms with van der Waals surface area (Å²) < 4.78 is 8.48. The zero-order valence-corrected chi connectivity index (χ0v) is 16.7. The number of hydrogen-bond acceptors (Lipinski definition) is 5. The van der Waals surface area contributed by atoms with Crippen molar-refractivity contribution in [3.63, 3.8) is 0 Å². The third kappa shape index (κ3) is 2.60. The maximum absolute atomic E-state index is 6.55. The van der Waals surface area contributed by atoms with E-state index in [4.69, 9.17) is 16.3 Å². The molecule has 0 saturated carbocycles. The summed E-state index contributed by atoms with van der Waals surface area (Å²) in [6, 6.07) is 20.1. The Kier molecular flexibility index (Phi) is 3.76. The molecule has 142 valence electrons. The molecule has 5 nitrogen and oxygen atoms in total. The van der Waals surface area contributed by atoms with E-state index >= 15 is 0 Å². The fourth-order valence-electron chi connectivity index (χ4n) is 4.07. The van der Waals surface area contributed by atoms with Gasteiger partial charge < -0.3 is 10.1 Å². The third-order valence-corrected chi connectivity index (χ3v) is 6.45. The number of thiophene rings is 1. The molecule has 0 bridgehead atoms. The molecule has 0 aliphatic carbocycles. The minimum atomic E-state index is -0.253. The van der Waals surface area contributed by atoms with Crippen LogP contribution in [0.1, 0.15) is 28.1 Å². The van der Waals surface area contributed by atoms with Gasteiger partial charge in [-0.25, -0.2) is 4.68 Å². The highest BCUT2D eigenvalue weighted by molar-refractivity contribution is 7.10. The lowest BCUT2D eigenvalue weighted by Crippen LogP contribution is -2.32. The quantitative estimate of drug-likeness (QED) is 0.463. The number of aromatic nitrogens is 3. The number of rotatable bonds is 2. The van der Waals surface area contributed by atoms with Crippen molar-refractivity contribution in [2.75, 3.05) is 5.32 Å². The van der Waals surface area contributed by atoms with Crippen LogP contribution in [0.25, 0.3) is 5.70 Å². The SMILES string of the molecule is Clc1ccc2c(c1)C1=C([C@H](c3ccccc3)O2)[C@H](c2cccs2)n2ncnc2N1. The minimum absolute atomic E-state index is 0.110. The van der Waals surface area contributed by atoms with Crippen molar-refractivity contribution in [3.05, 3.63) is 99.0 Å². The topological polar surface area (TPSA) is 52.0 Å². The predicted octanol–water partition coefficient (Wildman–Crippen LogP) is 5.55. The van der Waals surface area contributed by atoms with Crippen LogP contribution in [-0.4, -0.2) is 14.8 Å². The molecule has 0 saturated heterocycles. The standard InChI is InChI=1S/C22H15ClN4OS/c23-14-8-9-16-15(11-14)19-18(21(28-16)13-5-2-1-3-6-13)20(17-7-4-10-29-17)27-22(26-19)24-12-25-27/h1-12,20-21H,(H,24,25,26)/t20-,21-/m0/s1. The van der Waals surface area contributed by atoms with Crippen LogP contribution in [-0.2, 0) is 0 Å². The molecule has 6 rings (SSSR count). The summed E-state index contributed by atoms with van der Waals surface area (Å²) in [4.78, 5) is 5.62. The summed E-state index contributed by atoms with van der Waals surface area (Å²) in [7, 11) is 0. The largest absolute Gasteiger partial charge is 0.480 e. The number of anilines is 1. The molecule has 2 aliphatic heterocycles. The molecule has 0 radical (unpaired) electrons. The summed E-state index contributed by atoms with van der Waals surface area (Å²) in [5.74, 6) is 1.51. The van der Waals surface area contributed by atoms with Gasteiger partial charge >= 0.3 is 0 Å². The summed E-state index contributed by atoms with van der Waals surface area (Å²) in [5.41, 5.74) is 4.12. The van der Waals surface area contributed by atoms with E-state index in [1.807, 2.05) is 41.1 Å². The second-order valence-electron chi connectivity index (χ2n) is 6.95. The molecule has 7 heteroatoms. The van der Waals surface area contributed by atoms with Gasteiger partial charge in [0.1, 0.15) is 24.2 Å². The normalized spacial score (nSPS) is 19.6. The molecule has 2 atom stereocenters. The fourth-order valence-corrected chi connectivity index (χ4v) is 5.06. The molecule has 4 heterocycles. The highest BCUT2D eigenvalue weighted by Gasteiger charge is 2.41. The number of ether oxygens (including phenoxy) is 1. The highest BCUT2D eigenvalue weighted by Crippen LogP contribution is 2.51. The predicted molar refractivity (Wildman–Crippen MR) is 114 cm³/mol. The first-order valence-corrected chi connectivity index (χ1v) is 10.5. The van der Waals surface area contributed by atoms with Crippen molar-refractivity contribution in [3.8, 4) is 5.75 Å². The Morgan fingerprint density at radius 2 is 1.97 bits per heavy atom. The molecule has 2 aliphatic rings. The molecule has 2 aromatic carbocycles. The van der Waals surface area contributed by atoms with Gasteiger partial charge in [-0.15, -0.1) is 11.3 Å². The van der Waals surface area contributed by atoms with Crippen molar-refractivity contribution < 1.29 is 4.74 Å². The first-order chi connectivity index (χ1) is 14.3. The fraction of sp³-hybridized carbons (Fsp3) is 0.0909. The number of nitrogens with zero attached hydrogens (tertiary/aromatic N) is 3. The Hall–Kier alpha value is -3.09. The van der Waals surface area contributed by atoms with E-state index < -0.39 is 0 Å². The highest BCUT2D eigenvalue weighted by atomic mass is 35.5. The van der Waals surface area contributed by atoms with Crippen molar-refractivity contribution in [1.82, 2.24) is 14.8 Å². The maximum atomic E-state index is 6.55. The van der Waals surface area contributed by atoms with Gasteiger partial charge in [-0.2, -0.15) is 10.1 Å². The van der Waals surface area contributed by atoms with Crippen LogP contribution < -0.4 is 10.1 Å². The molecule has 0 fully saturated rings. The molecule has 2 aromatic heterocycles. The summed E-state index contributed by atoms with van der Waals surface area (Å²) in [5, 5.41) is 10.8. The molecular weight excluding hydrogens is 404 g/mol. The molecule has 1 N–H and O–H groups in total. The van der Waals surface area contributed by atoms with Crippen molar-refractivity contribution in [2.24, 2.45) is 0 Å². The second-order valence-corrected chi connectivity index (χ2v) is 8.37. The molecule has 0 amide bonds. The van der Waals surface area contributed by atoms with Crippen LogP contribution in [0.2, 0.25) is 5.02 Å². The van der Waals surface area contributed by atoms with E-state index in [-0.39, 0.29) is 12.1 Å². The minimum Gasteiger partial charge on any atom is -0.480 e. The second kappa shape index (κ2) is 6.47. The average molecular weight is 419 g/mol. The Morgan fingerprint density at radius 3 is 2.79 bits per heavy atom. The van der Waals surface area contributed by atoms with Gasteiger partial charge in [-0.3, -0.25) is 0 Å². The number of nitrogens with one attached hydrogen (secondary N) is 1. The van der Waals surface area contributed by atoms with Crippen LogP contribution in [0.15, 0.2) is 77.9 Å². The van der Waals surface area contributed by atoms with E-state index in [0.717, 1.165) is 28.1 Å². The van der Waals surface area contributed by atoms with Crippen molar-refractivity contribution in [1.29, 1.82) is 0 Å². The van der Waals surface area contributed by atoms with Crippen LogP contribution in [0, 0.1) is 0 Å². The van der Waals surface area contributed by atoms with Crippen LogP contribution >= 0.6 is 22.9 Å². The van der Waals surface area contributed by atoms with Crippen molar-refractivity contribution >= 4 is 34.6 Å². The van der Waals surface area contributed by atoms with Crippen LogP contribution in [0.4, 0.5) is 5.95 Å². The molecule has 4 aromatic rings. The number of halogens is 1. The van der Waals surface area contributed by atoms with E-state index in [2.05, 4.69) is 45.0 Å². The monoisotopic (exact) mass is 418 g/mol. The lowest BCUT2D eigenvalue weighted by atomic mass is 9.87. The number of fused-ring (bicyclic) bond motifs is 3. The first-order valence-electron chi connectivity index (χ1n) is 9.25. The maximum Gasteiger partial charge on any atom is 0.226 e. The number of benzene rings is 2. The van der Waals surface area contributed by atoms with E-state index in [1.165, 1.54) is 4.88 Å². The molecule has 0 unspecified atom stereocenters. The Balaban J connectivity index is 1.65. The van der Waals surface area contributed by atoms with Gasteiger partial charge in [0.25, 0.3) is 0 Å². The third-order valence-electron chi connectivity index (χ3n) is 5.29. The summed E-state index contributed by atoms with van der Waals surface area (Å²) >= 11 is 8.04. The summed E-state index contributed by atoms with van der Waals surface area (Å²) in [6.45, 7) is 0. The number of hydrogen-bond donors (Lipinski definition) is 1. The van der Waals surface area contributed by atoms with Gasteiger partial charge in [-0.1, -0.05) is 48.0 Å². The lowest BCUT2D eigenvalue weighted by Gasteiger charge is -2.38. The summed E-state index contributed by atoms with van der Waals surface area (Å²) in [6.07, 6.45) is 1.33. The van der Waals surface area contributed by atoms with E-state index in [0.29, 0.717) is 11.0 Å². The average Bonchev–Trinajstić information content (AvgIpc) is 3.44. The first kappa shape index (κ1) is 16.8. The van der Waals surface area contributed by atoms with Gasteiger partial charge in [0, 0.05) is 21.0 Å². The zero-order valence-electron chi connectivity index (χ0n) is 15.1. The van der Waals surface area contributed by atoms with Gasteiger partial charge in [-0.05, 0) is 35.2 Å². The molecular formula is C22H15ClN4OS. The van der Waals surface area contributed by atoms with Crippen LogP contribution in [0.3, 0.4) is 0 Å². The van der Waals surface area contributed by atoms with Gasteiger partial charge in [0.15, 0.2) is 0 Å². The van der Waals surface area contributed by atoms with Crippen LogP contribution in [0.5, 0.6) is 5.75 Å². The lowest BCUT2D eigenvalue weighted by molar-refractivity contribution is 0.223. The zero-order chi connectivity index (χ0) is 19.4. The van der Waals surface area contributed by atoms with Crippen molar-refractivity contribution in [2.45, 2.75) is 12.1 Å². The van der Waals surface area contributed by atoms with E-state index in [1.54, 1.807) is 17.7 Å². The Labute approximate surface area is 176 Å². The smallest absolute Gasteiger partial charge is 0.226 e. The Morgan fingerprint density at radius 1 is 1.07 bits per heavy atom. The molecule has 0 spiro atoms. The molecule has 29 heavy (non-hydrogen) atoms. The van der Waals surface area contributed by atoms with Gasteiger partial charge in [0.05, 0.1) is 5.70 Å². The van der Waals surface area contributed by atoms with E-state index in [9.17, 15) is 0 Å². The van der Waals surface area contributed by atoms with Gasteiger partial charge in [0.2, 0.25) is 5.95 Å².